The van der Waals surface area contributed by atoms with Gasteiger partial charge in [0.25, 0.3) is 0 Å². The van der Waals surface area contributed by atoms with Crippen molar-refractivity contribution in [1.82, 2.24) is 14.9 Å². The molecule has 23 heavy (non-hydrogen) atoms. The zero-order valence-corrected chi connectivity index (χ0v) is 14.5. The highest BCUT2D eigenvalue weighted by atomic mass is 15.1. The van der Waals surface area contributed by atoms with E-state index in [-0.39, 0.29) is 0 Å². The largest absolute Gasteiger partial charge is 0.370 e. The van der Waals surface area contributed by atoms with Gasteiger partial charge in [0.2, 0.25) is 0 Å². The molecule has 1 heterocycles. The molecule has 5 nitrogen and oxygen atoms in total. The predicted octanol–water partition coefficient (Wildman–Crippen LogP) is 3.71. The first kappa shape index (κ1) is 17.2. The Hall–Kier alpha value is -2.14. The number of para-hydroxylation sites is 1. The van der Waals surface area contributed by atoms with Crippen molar-refractivity contribution >= 4 is 17.3 Å². The maximum absolute atomic E-state index is 4.32. The molecule has 0 aliphatic carbocycles. The Kier molecular flexibility index (Phi) is 6.35. The van der Waals surface area contributed by atoms with Crippen LogP contribution in [0.15, 0.2) is 36.7 Å². The summed E-state index contributed by atoms with van der Waals surface area (Å²) in [5.74, 6) is 2.12. The predicted molar refractivity (Wildman–Crippen MR) is 97.5 cm³/mol. The van der Waals surface area contributed by atoms with Crippen molar-refractivity contribution in [3.05, 3.63) is 42.2 Å². The van der Waals surface area contributed by atoms with E-state index in [9.17, 15) is 0 Å². The minimum absolute atomic E-state index is 0.462. The molecule has 0 radical (unpaired) electrons. The van der Waals surface area contributed by atoms with Crippen LogP contribution in [0.4, 0.5) is 17.3 Å². The third-order valence-corrected chi connectivity index (χ3v) is 3.60. The SMILES string of the molecule is CC(C)c1ccccc1Nc1cc(NCCCN(C)C)ncn1. The summed E-state index contributed by atoms with van der Waals surface area (Å²) in [5.41, 5.74) is 2.38. The minimum atomic E-state index is 0.462. The Bertz CT molecular complexity index is 610. The fourth-order valence-electron chi connectivity index (χ4n) is 2.39. The van der Waals surface area contributed by atoms with Crippen LogP contribution >= 0.6 is 0 Å². The first-order valence-electron chi connectivity index (χ1n) is 8.13. The maximum Gasteiger partial charge on any atom is 0.135 e. The van der Waals surface area contributed by atoms with Gasteiger partial charge in [-0.25, -0.2) is 9.97 Å². The molecule has 0 spiro atoms. The van der Waals surface area contributed by atoms with Gasteiger partial charge in [0.05, 0.1) is 0 Å². The topological polar surface area (TPSA) is 53.1 Å². The van der Waals surface area contributed by atoms with E-state index < -0.39 is 0 Å². The van der Waals surface area contributed by atoms with Crippen LogP contribution in [0.1, 0.15) is 31.7 Å². The van der Waals surface area contributed by atoms with Gasteiger partial charge in [0.1, 0.15) is 18.0 Å². The number of nitrogens with zero attached hydrogens (tertiary/aromatic N) is 3. The number of hydrogen-bond acceptors (Lipinski definition) is 5. The maximum atomic E-state index is 4.32. The number of nitrogens with one attached hydrogen (secondary N) is 2. The number of anilines is 3. The van der Waals surface area contributed by atoms with Crippen molar-refractivity contribution in [2.45, 2.75) is 26.2 Å². The van der Waals surface area contributed by atoms with Gasteiger partial charge in [-0.3, -0.25) is 0 Å². The van der Waals surface area contributed by atoms with Crippen molar-refractivity contribution in [1.29, 1.82) is 0 Å². The first-order chi connectivity index (χ1) is 11.1. The second-order valence-electron chi connectivity index (χ2n) is 6.24. The van der Waals surface area contributed by atoms with Crippen LogP contribution in [0.5, 0.6) is 0 Å². The third-order valence-electron chi connectivity index (χ3n) is 3.60. The summed E-state index contributed by atoms with van der Waals surface area (Å²) in [6.45, 7) is 6.35. The molecule has 2 aromatic rings. The Morgan fingerprint density at radius 2 is 1.83 bits per heavy atom. The van der Waals surface area contributed by atoms with E-state index in [0.717, 1.165) is 36.8 Å². The number of hydrogen-bond donors (Lipinski definition) is 2. The van der Waals surface area contributed by atoms with Crippen molar-refractivity contribution in [2.24, 2.45) is 0 Å². The van der Waals surface area contributed by atoms with Gasteiger partial charge in [-0.05, 0) is 44.6 Å². The molecule has 5 heteroatoms. The molecule has 0 saturated carbocycles. The fraction of sp³-hybridized carbons (Fsp3) is 0.444. The van der Waals surface area contributed by atoms with Gasteiger partial charge in [0, 0.05) is 18.3 Å². The lowest BCUT2D eigenvalue weighted by Gasteiger charge is -2.14. The summed E-state index contributed by atoms with van der Waals surface area (Å²) < 4.78 is 0. The standard InChI is InChI=1S/C18H27N5/c1-14(2)15-8-5-6-9-16(15)22-18-12-17(20-13-21-18)19-10-7-11-23(3)4/h5-6,8-9,12-14H,7,10-11H2,1-4H3,(H2,19,20,21,22). The molecule has 0 saturated heterocycles. The molecule has 2 N–H and O–H groups in total. The quantitative estimate of drug-likeness (QED) is 0.728. The highest BCUT2D eigenvalue weighted by molar-refractivity contribution is 5.63. The van der Waals surface area contributed by atoms with E-state index in [2.05, 4.69) is 71.6 Å². The Morgan fingerprint density at radius 1 is 1.09 bits per heavy atom. The Balaban J connectivity index is 2.00. The smallest absolute Gasteiger partial charge is 0.135 e. The van der Waals surface area contributed by atoms with Gasteiger partial charge in [-0.1, -0.05) is 32.0 Å². The van der Waals surface area contributed by atoms with Crippen LogP contribution in [-0.4, -0.2) is 42.1 Å². The van der Waals surface area contributed by atoms with E-state index in [1.165, 1.54) is 5.56 Å². The average molecular weight is 313 g/mol. The van der Waals surface area contributed by atoms with Crippen LogP contribution in [0.25, 0.3) is 0 Å². The van der Waals surface area contributed by atoms with Crippen molar-refractivity contribution in [3.8, 4) is 0 Å². The Morgan fingerprint density at radius 3 is 2.57 bits per heavy atom. The number of aromatic nitrogens is 2. The molecule has 2 rings (SSSR count). The summed E-state index contributed by atoms with van der Waals surface area (Å²) in [6.07, 6.45) is 2.67. The molecule has 0 unspecified atom stereocenters. The summed E-state index contributed by atoms with van der Waals surface area (Å²) >= 11 is 0. The van der Waals surface area contributed by atoms with E-state index in [1.807, 2.05) is 12.1 Å². The van der Waals surface area contributed by atoms with Crippen LogP contribution in [-0.2, 0) is 0 Å². The van der Waals surface area contributed by atoms with Crippen molar-refractivity contribution in [2.75, 3.05) is 37.8 Å². The highest BCUT2D eigenvalue weighted by Crippen LogP contribution is 2.26. The molecule has 0 aliphatic heterocycles. The summed E-state index contributed by atoms with van der Waals surface area (Å²) in [4.78, 5) is 10.8. The van der Waals surface area contributed by atoms with E-state index in [4.69, 9.17) is 0 Å². The Labute approximate surface area is 139 Å². The zero-order chi connectivity index (χ0) is 16.7. The van der Waals surface area contributed by atoms with Gasteiger partial charge < -0.3 is 15.5 Å². The lowest BCUT2D eigenvalue weighted by atomic mass is 10.0. The molecule has 0 atom stereocenters. The molecule has 0 amide bonds. The van der Waals surface area contributed by atoms with Crippen LogP contribution < -0.4 is 10.6 Å². The van der Waals surface area contributed by atoms with Gasteiger partial charge >= 0.3 is 0 Å². The second-order valence-corrected chi connectivity index (χ2v) is 6.24. The van der Waals surface area contributed by atoms with E-state index in [0.29, 0.717) is 5.92 Å². The number of benzene rings is 1. The first-order valence-corrected chi connectivity index (χ1v) is 8.13. The van der Waals surface area contributed by atoms with Gasteiger partial charge in [0.15, 0.2) is 0 Å². The summed E-state index contributed by atoms with van der Waals surface area (Å²) in [6, 6.07) is 10.3. The molecule has 1 aromatic carbocycles. The van der Waals surface area contributed by atoms with Gasteiger partial charge in [-0.15, -0.1) is 0 Å². The normalized spacial score (nSPS) is 11.0. The molecular formula is C18H27N5. The third kappa shape index (κ3) is 5.53. The highest BCUT2D eigenvalue weighted by Gasteiger charge is 2.07. The van der Waals surface area contributed by atoms with Crippen LogP contribution in [0.3, 0.4) is 0 Å². The second kappa shape index (κ2) is 8.48. The van der Waals surface area contributed by atoms with Crippen LogP contribution in [0, 0.1) is 0 Å². The van der Waals surface area contributed by atoms with E-state index in [1.54, 1.807) is 6.33 Å². The molecule has 0 aliphatic rings. The zero-order valence-electron chi connectivity index (χ0n) is 14.5. The molecular weight excluding hydrogens is 286 g/mol. The van der Waals surface area contributed by atoms with Crippen LogP contribution in [0.2, 0.25) is 0 Å². The van der Waals surface area contributed by atoms with E-state index >= 15 is 0 Å². The summed E-state index contributed by atoms with van der Waals surface area (Å²) in [5, 5.41) is 6.75. The molecule has 0 fully saturated rings. The lowest BCUT2D eigenvalue weighted by molar-refractivity contribution is 0.405. The average Bonchev–Trinajstić information content (AvgIpc) is 2.52. The molecule has 124 valence electrons. The molecule has 1 aromatic heterocycles. The van der Waals surface area contributed by atoms with Crippen molar-refractivity contribution < 1.29 is 0 Å². The minimum Gasteiger partial charge on any atom is -0.370 e. The van der Waals surface area contributed by atoms with Gasteiger partial charge in [-0.2, -0.15) is 0 Å². The van der Waals surface area contributed by atoms with Crippen molar-refractivity contribution in [3.63, 3.8) is 0 Å². The summed E-state index contributed by atoms with van der Waals surface area (Å²) in [7, 11) is 4.16. The number of rotatable bonds is 8. The lowest BCUT2D eigenvalue weighted by Crippen LogP contribution is -2.16. The fourth-order valence-corrected chi connectivity index (χ4v) is 2.39. The monoisotopic (exact) mass is 313 g/mol. The molecule has 0 bridgehead atoms.